The summed E-state index contributed by atoms with van der Waals surface area (Å²) in [4.78, 5) is 33.4. The van der Waals surface area contributed by atoms with Gasteiger partial charge in [0.05, 0.1) is 30.9 Å². The Morgan fingerprint density at radius 2 is 1.85 bits per heavy atom. The molecule has 12 nitrogen and oxygen atoms in total. The predicted molar refractivity (Wildman–Crippen MR) is 176 cm³/mol. The van der Waals surface area contributed by atoms with Crippen LogP contribution in [0, 0.1) is 0 Å². The van der Waals surface area contributed by atoms with Crippen LogP contribution in [0.25, 0.3) is 10.8 Å². The van der Waals surface area contributed by atoms with Crippen molar-refractivity contribution in [2.75, 3.05) is 49.5 Å². The molecular weight excluding hydrogens is 610 g/mol. The van der Waals surface area contributed by atoms with Crippen molar-refractivity contribution in [1.82, 2.24) is 9.88 Å². The van der Waals surface area contributed by atoms with Crippen molar-refractivity contribution in [3.05, 3.63) is 78.0 Å². The summed E-state index contributed by atoms with van der Waals surface area (Å²) in [6.45, 7) is 1.93. The number of ether oxygens (including phenoxy) is 2. The molecule has 0 unspecified atom stereocenters. The van der Waals surface area contributed by atoms with E-state index in [0.29, 0.717) is 59.2 Å². The number of sulfone groups is 1. The number of amides is 2. The fraction of sp³-hybridized carbons (Fsp3) is 0.303. The summed E-state index contributed by atoms with van der Waals surface area (Å²) in [6, 6.07) is 15.5. The smallest absolute Gasteiger partial charge is 0.411 e. The number of benzene rings is 3. The fourth-order valence-electron chi connectivity index (χ4n) is 5.85. The number of anilines is 3. The zero-order chi connectivity index (χ0) is 33.2. The number of nitrogen functional groups attached to an aromatic ring is 1. The maximum Gasteiger partial charge on any atom is 0.411 e. The van der Waals surface area contributed by atoms with Gasteiger partial charge in [0, 0.05) is 36.6 Å². The number of methoxy groups -OCH3 is 2. The first kappa shape index (κ1) is 32.4. The first-order valence-electron chi connectivity index (χ1n) is 14.8. The molecule has 46 heavy (non-hydrogen) atoms. The van der Waals surface area contributed by atoms with Gasteiger partial charge in [0.15, 0.2) is 21.3 Å². The third-order valence-electron chi connectivity index (χ3n) is 8.37. The van der Waals surface area contributed by atoms with Crippen LogP contribution in [-0.4, -0.2) is 69.0 Å². The second-order valence-electron chi connectivity index (χ2n) is 11.0. The summed E-state index contributed by atoms with van der Waals surface area (Å²) in [6.07, 6.45) is 1.55. The number of pyridine rings is 1. The van der Waals surface area contributed by atoms with Crippen LogP contribution < -0.4 is 25.4 Å². The first-order valence-corrected chi connectivity index (χ1v) is 16.4. The molecule has 0 aliphatic carbocycles. The largest absolute Gasteiger partial charge is 0.493 e. The molecule has 2 amide bonds. The molecule has 2 heterocycles. The molecule has 1 saturated heterocycles. The van der Waals surface area contributed by atoms with Gasteiger partial charge in [0.25, 0.3) is 0 Å². The number of hydrogen-bond donors (Lipinski definition) is 3. The van der Waals surface area contributed by atoms with E-state index in [1.807, 2.05) is 24.3 Å². The van der Waals surface area contributed by atoms with Crippen LogP contribution in [0.5, 0.6) is 11.5 Å². The average Bonchev–Trinajstić information content (AvgIpc) is 3.56. The van der Waals surface area contributed by atoms with Crippen molar-refractivity contribution in [3.8, 4) is 11.5 Å². The van der Waals surface area contributed by atoms with Gasteiger partial charge >= 0.3 is 6.09 Å². The van der Waals surface area contributed by atoms with E-state index in [2.05, 4.69) is 10.3 Å². The van der Waals surface area contributed by atoms with Crippen LogP contribution in [0.4, 0.5) is 22.0 Å². The molecule has 4 aromatic rings. The molecule has 4 N–H and O–H groups in total. The zero-order valence-electron chi connectivity index (χ0n) is 26.1. The van der Waals surface area contributed by atoms with Crippen molar-refractivity contribution in [3.63, 3.8) is 0 Å². The molecule has 1 aliphatic heterocycles. The van der Waals surface area contributed by atoms with Gasteiger partial charge in [-0.25, -0.2) is 18.2 Å². The molecule has 0 spiro atoms. The number of nitrogens with two attached hydrogens (primary N) is 1. The molecule has 3 aromatic carbocycles. The minimum atomic E-state index is -3.71. The minimum Gasteiger partial charge on any atom is -0.493 e. The maximum atomic E-state index is 14.7. The summed E-state index contributed by atoms with van der Waals surface area (Å²) in [5.74, 6) is 0.896. The van der Waals surface area contributed by atoms with Crippen molar-refractivity contribution < 1.29 is 32.6 Å². The number of carbonyl (C=O) groups excluding carboxylic acids is 1. The molecule has 1 fully saturated rings. The normalized spacial score (nSPS) is 15.4. The molecule has 13 heteroatoms. The van der Waals surface area contributed by atoms with E-state index in [4.69, 9.17) is 15.2 Å². The van der Waals surface area contributed by atoms with E-state index < -0.39 is 28.0 Å². The third kappa shape index (κ3) is 6.23. The van der Waals surface area contributed by atoms with E-state index in [1.54, 1.807) is 42.3 Å². The van der Waals surface area contributed by atoms with Crippen molar-refractivity contribution in [2.45, 2.75) is 36.7 Å². The summed E-state index contributed by atoms with van der Waals surface area (Å²) in [5.41, 5.74) is 8.01. The lowest BCUT2D eigenvalue weighted by Crippen LogP contribution is -2.38. The predicted octanol–water partition coefficient (Wildman–Crippen LogP) is 5.26. The summed E-state index contributed by atoms with van der Waals surface area (Å²) >= 11 is 0. The monoisotopic (exact) mass is 647 g/mol. The number of likely N-dealkylation sites (tertiary alicyclic amines) is 1. The van der Waals surface area contributed by atoms with E-state index in [9.17, 15) is 23.1 Å². The van der Waals surface area contributed by atoms with E-state index in [1.165, 1.54) is 33.4 Å². The average molecular weight is 648 g/mol. The molecular formula is C33H37N5O7S. The second kappa shape index (κ2) is 13.1. The van der Waals surface area contributed by atoms with Crippen LogP contribution in [0.15, 0.2) is 71.8 Å². The van der Waals surface area contributed by atoms with E-state index in [0.717, 1.165) is 15.7 Å². The zero-order valence-corrected chi connectivity index (χ0v) is 26.9. The lowest BCUT2D eigenvalue weighted by molar-refractivity contribution is -0.133. The number of carboxylic acid groups (broad SMARTS) is 1. The van der Waals surface area contributed by atoms with Crippen LogP contribution in [-0.2, 0) is 14.6 Å². The molecule has 1 aliphatic rings. The van der Waals surface area contributed by atoms with Crippen molar-refractivity contribution in [1.29, 1.82) is 0 Å². The first-order chi connectivity index (χ1) is 22.0. The number of carbonyl (C=O) groups is 2. The van der Waals surface area contributed by atoms with Crippen LogP contribution in [0.1, 0.15) is 43.0 Å². The molecule has 5 rings (SSSR count). The van der Waals surface area contributed by atoms with Crippen LogP contribution in [0.2, 0.25) is 0 Å². The lowest BCUT2D eigenvalue weighted by atomic mass is 10.00. The van der Waals surface area contributed by atoms with Gasteiger partial charge in [-0.2, -0.15) is 0 Å². The SMILES string of the molecule is CCS(=O)(=O)c1ccc(N(C)C(=O)O)cc1[C@H]1CCCN1C(=O)[C@H](Nc1ccc2c(N)nccc2c1)c1ccc(OC)c(OC)c1. The molecule has 1 aromatic heterocycles. The number of fused-ring (bicyclic) bond motifs is 1. The Labute approximate surface area is 267 Å². The number of hydrogen-bond acceptors (Lipinski definition) is 9. The van der Waals surface area contributed by atoms with Gasteiger partial charge < -0.3 is 30.5 Å². The van der Waals surface area contributed by atoms with Crippen LogP contribution in [0.3, 0.4) is 0 Å². The van der Waals surface area contributed by atoms with Crippen molar-refractivity contribution in [2.24, 2.45) is 0 Å². The molecule has 0 radical (unpaired) electrons. The quantitative estimate of drug-likeness (QED) is 0.207. The van der Waals surface area contributed by atoms with Gasteiger partial charge in [0.1, 0.15) is 11.9 Å². The number of nitrogens with one attached hydrogen (secondary N) is 1. The van der Waals surface area contributed by atoms with E-state index in [-0.39, 0.29) is 16.6 Å². The number of aromatic nitrogens is 1. The highest BCUT2D eigenvalue weighted by Crippen LogP contribution is 2.41. The Morgan fingerprint density at radius 3 is 2.54 bits per heavy atom. The second-order valence-corrected chi connectivity index (χ2v) is 13.2. The van der Waals surface area contributed by atoms with Crippen LogP contribution >= 0.6 is 0 Å². The summed E-state index contributed by atoms with van der Waals surface area (Å²) in [5, 5.41) is 14.6. The van der Waals surface area contributed by atoms with Gasteiger partial charge in [0.2, 0.25) is 5.91 Å². The topological polar surface area (TPSA) is 164 Å². The fourth-order valence-corrected chi connectivity index (χ4v) is 6.99. The highest BCUT2D eigenvalue weighted by atomic mass is 32.2. The Kier molecular flexibility index (Phi) is 9.24. The summed E-state index contributed by atoms with van der Waals surface area (Å²) in [7, 11) is 0.724. The molecule has 242 valence electrons. The molecule has 0 saturated carbocycles. The summed E-state index contributed by atoms with van der Waals surface area (Å²) < 4.78 is 37.5. The number of rotatable bonds is 10. The van der Waals surface area contributed by atoms with Gasteiger partial charge in [-0.15, -0.1) is 0 Å². The Balaban J connectivity index is 1.61. The van der Waals surface area contributed by atoms with E-state index >= 15 is 0 Å². The Morgan fingerprint density at radius 1 is 1.09 bits per heavy atom. The third-order valence-corrected chi connectivity index (χ3v) is 10.2. The maximum absolute atomic E-state index is 14.7. The Bertz CT molecular complexity index is 1900. The van der Waals surface area contributed by atoms with Gasteiger partial charge in [-0.05, 0) is 84.0 Å². The molecule has 0 bridgehead atoms. The minimum absolute atomic E-state index is 0.0820. The standard InChI is InChI=1S/C33H37N5O7S/c1-5-46(42,43)29-13-10-23(37(2)33(40)41)19-25(29)26-7-6-16-38(26)32(39)30(21-8-12-27(44-3)28(18-21)45-4)36-22-9-11-24-20(17-22)14-15-35-31(24)34/h8-15,17-19,26,30,36H,5-7,16H2,1-4H3,(H2,34,35)(H,40,41)/t26-,30-/m1/s1. The molecule has 2 atom stereocenters. The highest BCUT2D eigenvalue weighted by Gasteiger charge is 2.38. The number of nitrogens with zero attached hydrogens (tertiary/aromatic N) is 3. The lowest BCUT2D eigenvalue weighted by Gasteiger charge is -2.32. The van der Waals surface area contributed by atoms with Crippen molar-refractivity contribution >= 4 is 49.8 Å². The highest BCUT2D eigenvalue weighted by molar-refractivity contribution is 7.91. The van der Waals surface area contributed by atoms with Gasteiger partial charge in [-0.3, -0.25) is 9.69 Å². The van der Waals surface area contributed by atoms with Gasteiger partial charge in [-0.1, -0.05) is 13.0 Å². The Hall–Kier alpha value is -5.04.